The largest absolute Gasteiger partial charge is 0.459 e. The van der Waals surface area contributed by atoms with Crippen molar-refractivity contribution >= 4 is 28.5 Å². The fraction of sp³-hybridized carbons (Fsp3) is 0.375. The molecule has 0 saturated carbocycles. The van der Waals surface area contributed by atoms with Crippen molar-refractivity contribution in [2.75, 3.05) is 26.2 Å². The summed E-state index contributed by atoms with van der Waals surface area (Å²) in [5, 5.41) is 0.889. The summed E-state index contributed by atoms with van der Waals surface area (Å²) >= 11 is 0. The van der Waals surface area contributed by atoms with Crippen LogP contribution in [0, 0.1) is 0 Å². The average molecular weight is 421 g/mol. The number of fused-ring (bicyclic) bond motifs is 1. The Morgan fingerprint density at radius 1 is 0.968 bits per heavy atom. The normalized spacial score (nSPS) is 14.6. The number of Topliss-reactive ketones (excluding diaryl/α,β-unsaturated/α-hetero) is 1. The number of carbonyl (C=O) groups excluding carboxylic acids is 3. The van der Waals surface area contributed by atoms with Crippen LogP contribution in [0.25, 0.3) is 10.9 Å². The highest BCUT2D eigenvalue weighted by atomic mass is 16.3. The smallest absolute Gasteiger partial charge is 0.289 e. The summed E-state index contributed by atoms with van der Waals surface area (Å²) in [7, 11) is 0. The zero-order chi connectivity index (χ0) is 21.8. The first-order valence-electron chi connectivity index (χ1n) is 10.8. The predicted octanol–water partition coefficient (Wildman–Crippen LogP) is 3.59. The summed E-state index contributed by atoms with van der Waals surface area (Å²) in [6.07, 6.45) is 5.30. The molecule has 162 valence electrons. The minimum Gasteiger partial charge on any atom is -0.459 e. The molecule has 1 fully saturated rings. The molecular weight excluding hydrogens is 394 g/mol. The minimum atomic E-state index is -0.144. The van der Waals surface area contributed by atoms with E-state index in [4.69, 9.17) is 4.42 Å². The van der Waals surface area contributed by atoms with Gasteiger partial charge in [0, 0.05) is 55.3 Å². The second-order valence-electron chi connectivity index (χ2n) is 7.86. The first-order valence-corrected chi connectivity index (χ1v) is 10.8. The van der Waals surface area contributed by atoms with E-state index in [1.54, 1.807) is 21.9 Å². The monoisotopic (exact) mass is 421 g/mol. The van der Waals surface area contributed by atoms with Crippen LogP contribution in [0.4, 0.5) is 0 Å². The van der Waals surface area contributed by atoms with E-state index in [0.717, 1.165) is 17.3 Å². The van der Waals surface area contributed by atoms with Crippen molar-refractivity contribution < 1.29 is 18.8 Å². The highest BCUT2D eigenvalue weighted by Gasteiger charge is 2.25. The highest BCUT2D eigenvalue weighted by Crippen LogP contribution is 2.23. The number of furan rings is 1. The molecule has 7 nitrogen and oxygen atoms in total. The molecule has 0 spiro atoms. The fourth-order valence-corrected chi connectivity index (χ4v) is 4.13. The van der Waals surface area contributed by atoms with Crippen molar-refractivity contribution in [2.24, 2.45) is 0 Å². The van der Waals surface area contributed by atoms with Gasteiger partial charge in [-0.15, -0.1) is 0 Å². The van der Waals surface area contributed by atoms with Crippen molar-refractivity contribution in [1.82, 2.24) is 14.4 Å². The Bertz CT molecular complexity index is 1080. The average Bonchev–Trinajstić information content (AvgIpc) is 3.36. The van der Waals surface area contributed by atoms with E-state index in [-0.39, 0.29) is 24.1 Å². The standard InChI is InChI=1S/C24H27N3O4/c1-2-7-21(28)19-16-27(20-9-4-3-8-18(19)20)17-23(29)25-11-6-12-26(14-13-25)24(30)22-10-5-15-31-22/h3-5,8-10,15-16H,2,6-7,11-14,17H2,1H3. The maximum Gasteiger partial charge on any atom is 0.289 e. The van der Waals surface area contributed by atoms with Crippen LogP contribution in [-0.2, 0) is 11.3 Å². The van der Waals surface area contributed by atoms with Crippen LogP contribution in [0.3, 0.4) is 0 Å². The molecule has 2 aromatic heterocycles. The number of carbonyl (C=O) groups is 3. The Morgan fingerprint density at radius 3 is 2.52 bits per heavy atom. The lowest BCUT2D eigenvalue weighted by atomic mass is 10.1. The van der Waals surface area contributed by atoms with Crippen LogP contribution < -0.4 is 0 Å². The zero-order valence-corrected chi connectivity index (χ0v) is 17.8. The van der Waals surface area contributed by atoms with E-state index < -0.39 is 0 Å². The number of amides is 2. The van der Waals surface area contributed by atoms with Gasteiger partial charge in [0.05, 0.1) is 6.26 Å². The van der Waals surface area contributed by atoms with E-state index >= 15 is 0 Å². The quantitative estimate of drug-likeness (QED) is 0.570. The lowest BCUT2D eigenvalue weighted by Crippen LogP contribution is -2.38. The summed E-state index contributed by atoms with van der Waals surface area (Å²) in [5.41, 5.74) is 1.57. The SMILES string of the molecule is CCCC(=O)c1cn(CC(=O)N2CCCN(C(=O)c3ccco3)CC2)c2ccccc12. The summed E-state index contributed by atoms with van der Waals surface area (Å²) < 4.78 is 7.09. The van der Waals surface area contributed by atoms with Crippen LogP contribution in [0.1, 0.15) is 47.1 Å². The number of ketones is 1. The molecule has 4 rings (SSSR count). The summed E-state index contributed by atoms with van der Waals surface area (Å²) in [6.45, 7) is 4.29. The van der Waals surface area contributed by atoms with Crippen molar-refractivity contribution in [3.63, 3.8) is 0 Å². The van der Waals surface area contributed by atoms with Crippen LogP contribution in [0.15, 0.2) is 53.3 Å². The number of hydrogen-bond donors (Lipinski definition) is 0. The first kappa shape index (κ1) is 20.9. The van der Waals surface area contributed by atoms with Gasteiger partial charge in [0.25, 0.3) is 5.91 Å². The van der Waals surface area contributed by atoms with Crippen LogP contribution in [0.5, 0.6) is 0 Å². The van der Waals surface area contributed by atoms with E-state index in [9.17, 15) is 14.4 Å². The van der Waals surface area contributed by atoms with E-state index in [2.05, 4.69) is 0 Å². The molecule has 0 N–H and O–H groups in total. The number of para-hydroxylation sites is 1. The molecule has 3 aromatic rings. The molecule has 0 unspecified atom stereocenters. The molecule has 1 aliphatic rings. The van der Waals surface area contributed by atoms with Crippen molar-refractivity contribution in [3.8, 4) is 0 Å². The first-order chi connectivity index (χ1) is 15.1. The molecule has 1 aliphatic heterocycles. The number of benzene rings is 1. The van der Waals surface area contributed by atoms with Crippen LogP contribution in [0.2, 0.25) is 0 Å². The van der Waals surface area contributed by atoms with Crippen molar-refractivity contribution in [1.29, 1.82) is 0 Å². The molecule has 7 heteroatoms. The second kappa shape index (κ2) is 9.20. The maximum atomic E-state index is 13.1. The van der Waals surface area contributed by atoms with Gasteiger partial charge in [-0.2, -0.15) is 0 Å². The third-order valence-corrected chi connectivity index (χ3v) is 5.74. The minimum absolute atomic E-state index is 0.0115. The Morgan fingerprint density at radius 2 is 1.74 bits per heavy atom. The van der Waals surface area contributed by atoms with E-state index in [0.29, 0.717) is 50.3 Å². The zero-order valence-electron chi connectivity index (χ0n) is 17.8. The fourth-order valence-electron chi connectivity index (χ4n) is 4.13. The number of rotatable bonds is 6. The number of aromatic nitrogens is 1. The van der Waals surface area contributed by atoms with Gasteiger partial charge in [-0.3, -0.25) is 14.4 Å². The van der Waals surface area contributed by atoms with Gasteiger partial charge in [0.1, 0.15) is 6.54 Å². The van der Waals surface area contributed by atoms with E-state index in [1.165, 1.54) is 6.26 Å². The summed E-state index contributed by atoms with van der Waals surface area (Å²) in [4.78, 5) is 41.7. The second-order valence-corrected chi connectivity index (χ2v) is 7.86. The predicted molar refractivity (Wildman–Crippen MR) is 117 cm³/mol. The maximum absolute atomic E-state index is 13.1. The third-order valence-electron chi connectivity index (χ3n) is 5.74. The van der Waals surface area contributed by atoms with E-state index in [1.807, 2.05) is 42.0 Å². The molecular formula is C24H27N3O4. The summed E-state index contributed by atoms with van der Waals surface area (Å²) in [5.74, 6) is 0.270. The van der Waals surface area contributed by atoms with Gasteiger partial charge in [-0.25, -0.2) is 0 Å². The van der Waals surface area contributed by atoms with Gasteiger partial charge in [-0.05, 0) is 31.0 Å². The molecule has 0 atom stereocenters. The van der Waals surface area contributed by atoms with Crippen molar-refractivity contribution in [2.45, 2.75) is 32.7 Å². The molecule has 31 heavy (non-hydrogen) atoms. The number of nitrogens with zero attached hydrogens (tertiary/aromatic N) is 3. The third kappa shape index (κ3) is 4.40. The topological polar surface area (TPSA) is 75.8 Å². The lowest BCUT2D eigenvalue weighted by Gasteiger charge is -2.22. The Labute approximate surface area is 181 Å². The molecule has 1 aromatic carbocycles. The molecule has 0 aliphatic carbocycles. The van der Waals surface area contributed by atoms with Crippen molar-refractivity contribution in [3.05, 3.63) is 60.2 Å². The van der Waals surface area contributed by atoms with Gasteiger partial charge in [0.15, 0.2) is 11.5 Å². The Kier molecular flexibility index (Phi) is 6.21. The molecule has 0 radical (unpaired) electrons. The van der Waals surface area contributed by atoms with Gasteiger partial charge < -0.3 is 18.8 Å². The van der Waals surface area contributed by atoms with Gasteiger partial charge >= 0.3 is 0 Å². The Hall–Kier alpha value is -3.35. The highest BCUT2D eigenvalue weighted by molar-refractivity contribution is 6.08. The number of hydrogen-bond acceptors (Lipinski definition) is 4. The molecule has 3 heterocycles. The van der Waals surface area contributed by atoms with Gasteiger partial charge in [-0.1, -0.05) is 25.1 Å². The molecule has 0 bridgehead atoms. The van der Waals surface area contributed by atoms with Gasteiger partial charge in [0.2, 0.25) is 5.91 Å². The Balaban J connectivity index is 1.47. The summed E-state index contributed by atoms with van der Waals surface area (Å²) in [6, 6.07) is 11.1. The lowest BCUT2D eigenvalue weighted by molar-refractivity contribution is -0.131. The molecule has 1 saturated heterocycles. The van der Waals surface area contributed by atoms with Crippen LogP contribution >= 0.6 is 0 Å². The molecule has 2 amide bonds. The van der Waals surface area contributed by atoms with Crippen LogP contribution in [-0.4, -0.2) is 58.1 Å².